The van der Waals surface area contributed by atoms with Crippen LogP contribution in [0.5, 0.6) is 0 Å². The highest BCUT2D eigenvalue weighted by atomic mass is 35.5. The summed E-state index contributed by atoms with van der Waals surface area (Å²) in [6.45, 7) is 0. The van der Waals surface area contributed by atoms with Gasteiger partial charge in [-0.05, 0) is 24.3 Å². The van der Waals surface area contributed by atoms with Crippen molar-refractivity contribution in [3.05, 3.63) is 47.4 Å². The van der Waals surface area contributed by atoms with Crippen molar-refractivity contribution in [1.29, 1.82) is 0 Å². The first kappa shape index (κ1) is 10.5. The number of anilines is 1. The lowest BCUT2D eigenvalue weighted by Gasteiger charge is -1.96. The zero-order valence-corrected chi connectivity index (χ0v) is 8.96. The third-order valence-electron chi connectivity index (χ3n) is 1.70. The molecule has 0 saturated heterocycles. The minimum absolute atomic E-state index is 0.347. The van der Waals surface area contributed by atoms with E-state index in [1.165, 1.54) is 0 Å². The number of hydrogen-bond acceptors (Lipinski definition) is 5. The van der Waals surface area contributed by atoms with E-state index in [4.69, 9.17) is 11.6 Å². The average molecular weight is 234 g/mol. The Kier molecular flexibility index (Phi) is 3.40. The molecule has 1 N–H and O–H groups in total. The standard InChI is InChI=1S/C10H8ClN5/c11-9-4-5-10(16-14-9)15-13-7-8-3-1-2-6-12-8/h1-7H,(H,15,16)/b13-7+. The fraction of sp³-hybridized carbons (Fsp3) is 0. The zero-order chi connectivity index (χ0) is 11.2. The van der Waals surface area contributed by atoms with Crippen LogP contribution in [0.15, 0.2) is 41.6 Å². The molecule has 5 nitrogen and oxygen atoms in total. The van der Waals surface area contributed by atoms with Crippen molar-refractivity contribution >= 4 is 23.6 Å². The minimum atomic E-state index is 0.347. The second-order valence-electron chi connectivity index (χ2n) is 2.87. The van der Waals surface area contributed by atoms with Gasteiger partial charge in [-0.1, -0.05) is 17.7 Å². The summed E-state index contributed by atoms with van der Waals surface area (Å²) in [7, 11) is 0. The number of rotatable bonds is 3. The predicted octanol–water partition coefficient (Wildman–Crippen LogP) is 1.97. The highest BCUT2D eigenvalue weighted by Gasteiger charge is 1.92. The van der Waals surface area contributed by atoms with E-state index in [1.807, 2.05) is 18.2 Å². The van der Waals surface area contributed by atoms with Gasteiger partial charge in [0.15, 0.2) is 11.0 Å². The maximum absolute atomic E-state index is 5.59. The van der Waals surface area contributed by atoms with Gasteiger partial charge in [0.1, 0.15) is 0 Å². The van der Waals surface area contributed by atoms with Gasteiger partial charge in [-0.15, -0.1) is 10.2 Å². The fourth-order valence-electron chi connectivity index (χ4n) is 0.993. The van der Waals surface area contributed by atoms with Gasteiger partial charge in [-0.2, -0.15) is 5.10 Å². The van der Waals surface area contributed by atoms with Gasteiger partial charge in [-0.25, -0.2) is 0 Å². The quantitative estimate of drug-likeness (QED) is 0.650. The second-order valence-corrected chi connectivity index (χ2v) is 3.25. The highest BCUT2D eigenvalue weighted by Crippen LogP contribution is 2.05. The maximum atomic E-state index is 5.59. The lowest BCUT2D eigenvalue weighted by atomic mass is 10.4. The van der Waals surface area contributed by atoms with Crippen molar-refractivity contribution < 1.29 is 0 Å². The first-order valence-corrected chi connectivity index (χ1v) is 4.92. The number of aromatic nitrogens is 3. The van der Waals surface area contributed by atoms with Crippen LogP contribution in [0.3, 0.4) is 0 Å². The molecule has 0 bridgehead atoms. The van der Waals surface area contributed by atoms with E-state index in [1.54, 1.807) is 24.5 Å². The van der Waals surface area contributed by atoms with Gasteiger partial charge in [0, 0.05) is 6.20 Å². The van der Waals surface area contributed by atoms with E-state index in [9.17, 15) is 0 Å². The number of nitrogens with zero attached hydrogens (tertiary/aromatic N) is 4. The van der Waals surface area contributed by atoms with Crippen LogP contribution in [0, 0.1) is 0 Å². The molecule has 2 aromatic heterocycles. The van der Waals surface area contributed by atoms with Crippen LogP contribution in [-0.2, 0) is 0 Å². The predicted molar refractivity (Wildman–Crippen MR) is 62.5 cm³/mol. The van der Waals surface area contributed by atoms with Crippen molar-refractivity contribution in [2.24, 2.45) is 5.10 Å². The van der Waals surface area contributed by atoms with Crippen molar-refractivity contribution in [2.75, 3.05) is 5.43 Å². The monoisotopic (exact) mass is 233 g/mol. The van der Waals surface area contributed by atoms with Gasteiger partial charge in [0.2, 0.25) is 0 Å². The van der Waals surface area contributed by atoms with Crippen LogP contribution < -0.4 is 5.43 Å². The maximum Gasteiger partial charge on any atom is 0.168 e. The second kappa shape index (κ2) is 5.18. The zero-order valence-electron chi connectivity index (χ0n) is 8.21. The average Bonchev–Trinajstić information content (AvgIpc) is 2.33. The number of hydrogen-bond donors (Lipinski definition) is 1. The van der Waals surface area contributed by atoms with Crippen LogP contribution in [0.25, 0.3) is 0 Å². The van der Waals surface area contributed by atoms with E-state index in [2.05, 4.69) is 25.7 Å². The van der Waals surface area contributed by atoms with E-state index in [0.29, 0.717) is 11.0 Å². The Hall–Kier alpha value is -2.01. The van der Waals surface area contributed by atoms with Crippen LogP contribution >= 0.6 is 11.6 Å². The normalized spacial score (nSPS) is 10.6. The third-order valence-corrected chi connectivity index (χ3v) is 1.90. The Bertz CT molecular complexity index is 468. The molecule has 0 radical (unpaired) electrons. The molecule has 2 rings (SSSR count). The number of hydrazone groups is 1. The molecule has 6 heteroatoms. The molecule has 0 spiro atoms. The Morgan fingerprint density at radius 1 is 1.19 bits per heavy atom. The van der Waals surface area contributed by atoms with E-state index in [0.717, 1.165) is 5.69 Å². The highest BCUT2D eigenvalue weighted by molar-refractivity contribution is 6.29. The lowest BCUT2D eigenvalue weighted by molar-refractivity contribution is 1.02. The van der Waals surface area contributed by atoms with E-state index < -0.39 is 0 Å². The van der Waals surface area contributed by atoms with Gasteiger partial charge in [-0.3, -0.25) is 10.4 Å². The summed E-state index contributed by atoms with van der Waals surface area (Å²) in [5.41, 5.74) is 3.48. The first-order chi connectivity index (χ1) is 7.84. The molecule has 2 aromatic rings. The Morgan fingerprint density at radius 3 is 2.81 bits per heavy atom. The van der Waals surface area contributed by atoms with Gasteiger partial charge >= 0.3 is 0 Å². The van der Waals surface area contributed by atoms with E-state index >= 15 is 0 Å². The number of halogens is 1. The summed E-state index contributed by atoms with van der Waals surface area (Å²) in [5.74, 6) is 0.525. The van der Waals surface area contributed by atoms with Gasteiger partial charge in [0.25, 0.3) is 0 Å². The summed E-state index contributed by atoms with van der Waals surface area (Å²) >= 11 is 5.59. The molecule has 0 aliphatic heterocycles. The van der Waals surface area contributed by atoms with Crippen LogP contribution in [-0.4, -0.2) is 21.4 Å². The number of nitrogens with one attached hydrogen (secondary N) is 1. The molecule has 0 fully saturated rings. The molecule has 0 saturated carbocycles. The Labute approximate surface area is 97.2 Å². The molecule has 0 aromatic carbocycles. The van der Waals surface area contributed by atoms with Crippen LogP contribution in [0.1, 0.15) is 5.69 Å². The summed E-state index contributed by atoms with van der Waals surface area (Å²) < 4.78 is 0. The Morgan fingerprint density at radius 2 is 2.12 bits per heavy atom. The van der Waals surface area contributed by atoms with Crippen molar-refractivity contribution in [3.8, 4) is 0 Å². The molecule has 0 atom stereocenters. The summed E-state index contributed by atoms with van der Waals surface area (Å²) in [4.78, 5) is 4.08. The summed E-state index contributed by atoms with van der Waals surface area (Å²) in [6.07, 6.45) is 3.29. The summed E-state index contributed by atoms with van der Waals surface area (Å²) in [6, 6.07) is 8.89. The van der Waals surface area contributed by atoms with Crippen molar-refractivity contribution in [2.45, 2.75) is 0 Å². The SMILES string of the molecule is Clc1ccc(N/N=C/c2ccccn2)nn1. The number of pyridine rings is 1. The third kappa shape index (κ3) is 2.99. The molecule has 0 unspecified atom stereocenters. The molecule has 0 aliphatic rings. The van der Waals surface area contributed by atoms with Crippen LogP contribution in [0.2, 0.25) is 5.15 Å². The van der Waals surface area contributed by atoms with Gasteiger partial charge in [0.05, 0.1) is 11.9 Å². The largest absolute Gasteiger partial charge is 0.260 e. The van der Waals surface area contributed by atoms with Crippen LogP contribution in [0.4, 0.5) is 5.82 Å². The molecule has 0 aliphatic carbocycles. The molecular formula is C10H8ClN5. The molecule has 80 valence electrons. The van der Waals surface area contributed by atoms with Crippen molar-refractivity contribution in [3.63, 3.8) is 0 Å². The Balaban J connectivity index is 1.97. The molecule has 16 heavy (non-hydrogen) atoms. The summed E-state index contributed by atoms with van der Waals surface area (Å²) in [5, 5.41) is 11.8. The first-order valence-electron chi connectivity index (χ1n) is 4.54. The van der Waals surface area contributed by atoms with E-state index in [-0.39, 0.29) is 0 Å². The van der Waals surface area contributed by atoms with Crippen molar-refractivity contribution in [1.82, 2.24) is 15.2 Å². The molecular weight excluding hydrogens is 226 g/mol. The smallest absolute Gasteiger partial charge is 0.168 e. The lowest BCUT2D eigenvalue weighted by Crippen LogP contribution is -1.95. The molecule has 2 heterocycles. The minimum Gasteiger partial charge on any atom is -0.260 e. The topological polar surface area (TPSA) is 63.1 Å². The van der Waals surface area contributed by atoms with Gasteiger partial charge < -0.3 is 0 Å². The fourth-order valence-corrected chi connectivity index (χ4v) is 1.09. The molecule has 0 amide bonds.